The van der Waals surface area contributed by atoms with Gasteiger partial charge in [-0.1, -0.05) is 6.92 Å². The van der Waals surface area contributed by atoms with Gasteiger partial charge in [-0.3, -0.25) is 9.59 Å². The normalized spacial score (nSPS) is 30.3. The van der Waals surface area contributed by atoms with E-state index in [9.17, 15) is 9.59 Å². The zero-order valence-electron chi connectivity index (χ0n) is 12.4. The third-order valence-electron chi connectivity index (χ3n) is 4.64. The molecule has 0 radical (unpaired) electrons. The van der Waals surface area contributed by atoms with E-state index in [2.05, 4.69) is 12.2 Å². The second-order valence-electron chi connectivity index (χ2n) is 6.29. The summed E-state index contributed by atoms with van der Waals surface area (Å²) < 4.78 is 0. The van der Waals surface area contributed by atoms with E-state index in [1.165, 1.54) is 0 Å². The quantitative estimate of drug-likeness (QED) is 0.803. The first kappa shape index (κ1) is 15.3. The number of hydrogen-bond donors (Lipinski definition) is 2. The highest BCUT2D eigenvalue weighted by atomic mass is 16.2. The number of likely N-dealkylation sites (tertiary alicyclic amines) is 1. The fourth-order valence-electron chi connectivity index (χ4n) is 3.38. The molecule has 2 amide bonds. The highest BCUT2D eigenvalue weighted by molar-refractivity contribution is 5.80. The minimum absolute atomic E-state index is 0.0664. The van der Waals surface area contributed by atoms with Crippen LogP contribution in [-0.2, 0) is 9.59 Å². The fraction of sp³-hybridized carbons (Fsp3) is 0.867. The molecule has 3 unspecified atom stereocenters. The van der Waals surface area contributed by atoms with E-state index in [1.807, 2.05) is 4.90 Å². The molecule has 0 aromatic heterocycles. The summed E-state index contributed by atoms with van der Waals surface area (Å²) in [6, 6.07) is 0.241. The maximum atomic E-state index is 12.1. The van der Waals surface area contributed by atoms with E-state index in [1.54, 1.807) is 0 Å². The molecule has 0 aromatic carbocycles. The van der Waals surface area contributed by atoms with E-state index in [4.69, 9.17) is 5.73 Å². The molecule has 5 nitrogen and oxygen atoms in total. The maximum Gasteiger partial charge on any atom is 0.224 e. The molecule has 1 aliphatic heterocycles. The topological polar surface area (TPSA) is 75.4 Å². The number of nitrogens with one attached hydrogen (secondary N) is 1. The van der Waals surface area contributed by atoms with Crippen molar-refractivity contribution in [2.75, 3.05) is 19.6 Å². The van der Waals surface area contributed by atoms with Gasteiger partial charge in [-0.15, -0.1) is 0 Å². The first-order chi connectivity index (χ1) is 9.58. The molecule has 1 aliphatic carbocycles. The second-order valence-corrected chi connectivity index (χ2v) is 6.29. The molecule has 5 heteroatoms. The summed E-state index contributed by atoms with van der Waals surface area (Å²) in [6.07, 6.45) is 5.36. The molecule has 0 spiro atoms. The number of nitrogens with zero attached hydrogens (tertiary/aromatic N) is 1. The van der Waals surface area contributed by atoms with Crippen molar-refractivity contribution in [2.45, 2.75) is 51.5 Å². The molecule has 0 bridgehead atoms. The van der Waals surface area contributed by atoms with Crippen molar-refractivity contribution < 1.29 is 9.59 Å². The van der Waals surface area contributed by atoms with E-state index in [0.29, 0.717) is 18.9 Å². The van der Waals surface area contributed by atoms with Crippen LogP contribution in [0.2, 0.25) is 0 Å². The van der Waals surface area contributed by atoms with Crippen LogP contribution in [0, 0.1) is 11.8 Å². The molecule has 2 aliphatic rings. The van der Waals surface area contributed by atoms with Crippen LogP contribution < -0.4 is 11.1 Å². The summed E-state index contributed by atoms with van der Waals surface area (Å²) in [6.45, 7) is 4.32. The summed E-state index contributed by atoms with van der Waals surface area (Å²) in [5.74, 6) is 0.671. The van der Waals surface area contributed by atoms with Gasteiger partial charge in [0.05, 0.1) is 0 Å². The summed E-state index contributed by atoms with van der Waals surface area (Å²) in [5.41, 5.74) is 5.92. The molecule has 0 aromatic rings. The molecular formula is C15H27N3O2. The van der Waals surface area contributed by atoms with Crippen molar-refractivity contribution >= 4 is 11.8 Å². The van der Waals surface area contributed by atoms with Crippen molar-refractivity contribution in [2.24, 2.45) is 17.6 Å². The standard InChI is InChI=1S/C15H27N3O2/c1-11-10-12(16)4-5-13(11)15(20)17-7-6-14(19)18-8-2-3-9-18/h11-13H,2-10,16H2,1H3,(H,17,20). The van der Waals surface area contributed by atoms with Gasteiger partial charge in [-0.2, -0.15) is 0 Å². The first-order valence-electron chi connectivity index (χ1n) is 7.89. The predicted octanol–water partition coefficient (Wildman–Crippen LogP) is 0.879. The molecule has 2 fully saturated rings. The van der Waals surface area contributed by atoms with E-state index in [-0.39, 0.29) is 23.8 Å². The second kappa shape index (κ2) is 7.07. The average Bonchev–Trinajstić information content (AvgIpc) is 2.92. The Kier molecular flexibility index (Phi) is 5.40. The lowest BCUT2D eigenvalue weighted by molar-refractivity contribution is -0.130. The van der Waals surface area contributed by atoms with Crippen LogP contribution in [0.5, 0.6) is 0 Å². The van der Waals surface area contributed by atoms with Gasteiger partial charge < -0.3 is 16.0 Å². The van der Waals surface area contributed by atoms with Crippen LogP contribution in [-0.4, -0.2) is 42.4 Å². The molecule has 1 saturated heterocycles. The van der Waals surface area contributed by atoms with Crippen LogP contribution in [0.15, 0.2) is 0 Å². The minimum Gasteiger partial charge on any atom is -0.355 e. The summed E-state index contributed by atoms with van der Waals surface area (Å²) in [4.78, 5) is 25.9. The molecule has 3 N–H and O–H groups in total. The van der Waals surface area contributed by atoms with Gasteiger partial charge in [0.25, 0.3) is 0 Å². The molecule has 114 valence electrons. The Labute approximate surface area is 121 Å². The van der Waals surface area contributed by atoms with Gasteiger partial charge >= 0.3 is 0 Å². The van der Waals surface area contributed by atoms with Crippen molar-refractivity contribution in [1.29, 1.82) is 0 Å². The number of carbonyl (C=O) groups excluding carboxylic acids is 2. The highest BCUT2D eigenvalue weighted by Gasteiger charge is 2.30. The number of carbonyl (C=O) groups is 2. The van der Waals surface area contributed by atoms with Crippen LogP contribution >= 0.6 is 0 Å². The van der Waals surface area contributed by atoms with Crippen molar-refractivity contribution in [1.82, 2.24) is 10.2 Å². The Morgan fingerprint density at radius 3 is 2.60 bits per heavy atom. The van der Waals surface area contributed by atoms with Gasteiger partial charge in [0.2, 0.25) is 11.8 Å². The van der Waals surface area contributed by atoms with Gasteiger partial charge in [0.1, 0.15) is 0 Å². The van der Waals surface area contributed by atoms with E-state index < -0.39 is 0 Å². The van der Waals surface area contributed by atoms with Gasteiger partial charge in [0.15, 0.2) is 0 Å². The third kappa shape index (κ3) is 3.95. The van der Waals surface area contributed by atoms with Crippen molar-refractivity contribution in [3.63, 3.8) is 0 Å². The third-order valence-corrected chi connectivity index (χ3v) is 4.64. The average molecular weight is 281 g/mol. The molecule has 1 saturated carbocycles. The van der Waals surface area contributed by atoms with Gasteiger partial charge in [-0.25, -0.2) is 0 Å². The smallest absolute Gasteiger partial charge is 0.224 e. The Bertz CT molecular complexity index is 353. The van der Waals surface area contributed by atoms with Crippen molar-refractivity contribution in [3.05, 3.63) is 0 Å². The zero-order valence-corrected chi connectivity index (χ0v) is 12.4. The summed E-state index contributed by atoms with van der Waals surface area (Å²) in [5, 5.41) is 2.92. The summed E-state index contributed by atoms with van der Waals surface area (Å²) >= 11 is 0. The van der Waals surface area contributed by atoms with Crippen LogP contribution in [0.4, 0.5) is 0 Å². The van der Waals surface area contributed by atoms with Crippen LogP contribution in [0.3, 0.4) is 0 Å². The monoisotopic (exact) mass is 281 g/mol. The maximum absolute atomic E-state index is 12.1. The van der Waals surface area contributed by atoms with Gasteiger partial charge in [0, 0.05) is 38.0 Å². The Morgan fingerprint density at radius 2 is 1.95 bits per heavy atom. The number of hydrogen-bond acceptors (Lipinski definition) is 3. The SMILES string of the molecule is CC1CC(N)CCC1C(=O)NCCC(=O)N1CCCC1. The lowest BCUT2D eigenvalue weighted by Crippen LogP contribution is -2.41. The zero-order chi connectivity index (χ0) is 14.5. The predicted molar refractivity (Wildman–Crippen MR) is 77.9 cm³/mol. The molecule has 1 heterocycles. The molecule has 20 heavy (non-hydrogen) atoms. The van der Waals surface area contributed by atoms with E-state index >= 15 is 0 Å². The minimum atomic E-state index is 0.0664. The Balaban J connectivity index is 1.68. The lowest BCUT2D eigenvalue weighted by atomic mass is 9.78. The fourth-order valence-corrected chi connectivity index (χ4v) is 3.38. The lowest BCUT2D eigenvalue weighted by Gasteiger charge is -2.31. The van der Waals surface area contributed by atoms with Crippen molar-refractivity contribution in [3.8, 4) is 0 Å². The number of nitrogens with two attached hydrogens (primary N) is 1. The molecule has 2 rings (SSSR count). The largest absolute Gasteiger partial charge is 0.355 e. The van der Waals surface area contributed by atoms with Gasteiger partial charge in [-0.05, 0) is 38.0 Å². The molecular weight excluding hydrogens is 254 g/mol. The number of amides is 2. The highest BCUT2D eigenvalue weighted by Crippen LogP contribution is 2.29. The first-order valence-corrected chi connectivity index (χ1v) is 7.89. The van der Waals surface area contributed by atoms with Crippen LogP contribution in [0.25, 0.3) is 0 Å². The Hall–Kier alpha value is -1.10. The van der Waals surface area contributed by atoms with E-state index in [0.717, 1.165) is 45.2 Å². The molecule has 3 atom stereocenters. The van der Waals surface area contributed by atoms with Crippen LogP contribution in [0.1, 0.15) is 45.4 Å². The summed E-state index contributed by atoms with van der Waals surface area (Å²) in [7, 11) is 0. The Morgan fingerprint density at radius 1 is 1.25 bits per heavy atom. The number of rotatable bonds is 4.